The van der Waals surface area contributed by atoms with Gasteiger partial charge in [-0.1, -0.05) is 31.1 Å². The highest BCUT2D eigenvalue weighted by molar-refractivity contribution is 5.24. The second kappa shape index (κ2) is 5.06. The van der Waals surface area contributed by atoms with Crippen LogP contribution in [0.25, 0.3) is 0 Å². The van der Waals surface area contributed by atoms with E-state index in [0.717, 1.165) is 38.5 Å². The molecule has 0 unspecified atom stereocenters. The van der Waals surface area contributed by atoms with Crippen molar-refractivity contribution in [3.63, 3.8) is 0 Å². The maximum absolute atomic E-state index is 10.5. The standard InChI is InChI=1S/C17H23NO/c19-17(10-4-5-11-17)13-12-16(8-2-1-3-9-16)18-14-6-7-15-18/h6-7,14-15,19H,1-5,8-11H2. The normalized spacial score (nSPS) is 24.7. The van der Waals surface area contributed by atoms with Gasteiger partial charge in [0.15, 0.2) is 0 Å². The minimum Gasteiger partial charge on any atom is -0.378 e. The molecule has 1 heterocycles. The Morgan fingerprint density at radius 1 is 0.789 bits per heavy atom. The van der Waals surface area contributed by atoms with E-state index in [1.807, 2.05) is 0 Å². The topological polar surface area (TPSA) is 25.2 Å². The van der Waals surface area contributed by atoms with Crippen molar-refractivity contribution in [1.29, 1.82) is 0 Å². The summed E-state index contributed by atoms with van der Waals surface area (Å²) in [5.74, 6) is 6.72. The van der Waals surface area contributed by atoms with Gasteiger partial charge in [0.1, 0.15) is 11.1 Å². The molecule has 0 amide bonds. The molecular weight excluding hydrogens is 234 g/mol. The molecule has 2 saturated carbocycles. The smallest absolute Gasteiger partial charge is 0.125 e. The Hall–Kier alpha value is -1.20. The highest BCUT2D eigenvalue weighted by Gasteiger charge is 2.34. The van der Waals surface area contributed by atoms with E-state index in [1.54, 1.807) is 0 Å². The van der Waals surface area contributed by atoms with E-state index in [0.29, 0.717) is 0 Å². The van der Waals surface area contributed by atoms with Gasteiger partial charge < -0.3 is 9.67 Å². The summed E-state index contributed by atoms with van der Waals surface area (Å²) in [6, 6.07) is 4.14. The lowest BCUT2D eigenvalue weighted by molar-refractivity contribution is 0.109. The Bertz CT molecular complexity index is 465. The molecule has 1 aromatic rings. The third kappa shape index (κ3) is 2.58. The van der Waals surface area contributed by atoms with E-state index in [9.17, 15) is 5.11 Å². The van der Waals surface area contributed by atoms with E-state index in [2.05, 4.69) is 40.9 Å². The van der Waals surface area contributed by atoms with Crippen LogP contribution in [0.3, 0.4) is 0 Å². The van der Waals surface area contributed by atoms with Crippen LogP contribution in [0, 0.1) is 11.8 Å². The third-order valence-electron chi connectivity index (χ3n) is 4.74. The number of hydrogen-bond acceptors (Lipinski definition) is 1. The van der Waals surface area contributed by atoms with Crippen LogP contribution in [0.2, 0.25) is 0 Å². The molecule has 2 aliphatic rings. The number of aliphatic hydroxyl groups is 1. The van der Waals surface area contributed by atoms with Gasteiger partial charge in [0.25, 0.3) is 0 Å². The Morgan fingerprint density at radius 3 is 2.00 bits per heavy atom. The lowest BCUT2D eigenvalue weighted by Gasteiger charge is -2.34. The maximum Gasteiger partial charge on any atom is 0.125 e. The summed E-state index contributed by atoms with van der Waals surface area (Å²) in [5, 5.41) is 10.5. The minimum atomic E-state index is -0.711. The van der Waals surface area contributed by atoms with Gasteiger partial charge in [0.05, 0.1) is 0 Å². The highest BCUT2D eigenvalue weighted by atomic mass is 16.3. The average Bonchev–Trinajstić information content (AvgIpc) is 3.10. The van der Waals surface area contributed by atoms with Crippen LogP contribution in [0.5, 0.6) is 0 Å². The van der Waals surface area contributed by atoms with E-state index >= 15 is 0 Å². The molecule has 2 aliphatic carbocycles. The molecule has 0 atom stereocenters. The summed E-state index contributed by atoms with van der Waals surface area (Å²) in [7, 11) is 0. The molecule has 0 radical (unpaired) electrons. The first-order valence-corrected chi connectivity index (χ1v) is 7.63. The molecule has 0 aliphatic heterocycles. The molecule has 0 bridgehead atoms. The van der Waals surface area contributed by atoms with Crippen molar-refractivity contribution in [3.8, 4) is 11.8 Å². The number of hydrogen-bond donors (Lipinski definition) is 1. The van der Waals surface area contributed by atoms with E-state index in [1.165, 1.54) is 19.3 Å². The summed E-state index contributed by atoms with van der Waals surface area (Å²) in [5.41, 5.74) is -0.780. The first kappa shape index (κ1) is 12.8. The lowest BCUT2D eigenvalue weighted by Crippen LogP contribution is -2.34. The molecule has 1 N–H and O–H groups in total. The second-order valence-corrected chi connectivity index (χ2v) is 6.17. The number of nitrogens with zero attached hydrogens (tertiary/aromatic N) is 1. The van der Waals surface area contributed by atoms with E-state index in [4.69, 9.17) is 0 Å². The molecule has 1 aromatic heterocycles. The first-order chi connectivity index (χ1) is 9.23. The van der Waals surface area contributed by atoms with Gasteiger partial charge in [-0.25, -0.2) is 0 Å². The van der Waals surface area contributed by atoms with Gasteiger partial charge in [-0.05, 0) is 50.7 Å². The minimum absolute atomic E-state index is 0.0694. The number of aromatic nitrogens is 1. The molecule has 0 saturated heterocycles. The van der Waals surface area contributed by atoms with Crippen LogP contribution in [-0.2, 0) is 5.54 Å². The summed E-state index contributed by atoms with van der Waals surface area (Å²) in [6.07, 6.45) is 14.2. The van der Waals surface area contributed by atoms with Crippen molar-refractivity contribution in [1.82, 2.24) is 4.57 Å². The second-order valence-electron chi connectivity index (χ2n) is 6.17. The van der Waals surface area contributed by atoms with Gasteiger partial charge in [-0.15, -0.1) is 0 Å². The van der Waals surface area contributed by atoms with E-state index in [-0.39, 0.29) is 5.54 Å². The van der Waals surface area contributed by atoms with Crippen LogP contribution in [0.15, 0.2) is 24.5 Å². The van der Waals surface area contributed by atoms with Crippen LogP contribution in [0.4, 0.5) is 0 Å². The zero-order valence-corrected chi connectivity index (χ0v) is 11.6. The molecule has 0 spiro atoms. The summed E-state index contributed by atoms with van der Waals surface area (Å²) in [4.78, 5) is 0. The Labute approximate surface area is 115 Å². The molecule has 2 heteroatoms. The van der Waals surface area contributed by atoms with Crippen LogP contribution < -0.4 is 0 Å². The lowest BCUT2D eigenvalue weighted by atomic mass is 9.81. The quantitative estimate of drug-likeness (QED) is 0.766. The van der Waals surface area contributed by atoms with Crippen LogP contribution in [-0.4, -0.2) is 15.3 Å². The summed E-state index contributed by atoms with van der Waals surface area (Å²) >= 11 is 0. The largest absolute Gasteiger partial charge is 0.378 e. The van der Waals surface area contributed by atoms with Crippen molar-refractivity contribution in [2.75, 3.05) is 0 Å². The molecule has 3 rings (SSSR count). The van der Waals surface area contributed by atoms with Crippen molar-refractivity contribution >= 4 is 0 Å². The van der Waals surface area contributed by atoms with Gasteiger partial charge in [0.2, 0.25) is 0 Å². The molecule has 0 aromatic carbocycles. The fourth-order valence-corrected chi connectivity index (χ4v) is 3.52. The molecule has 2 nitrogen and oxygen atoms in total. The van der Waals surface area contributed by atoms with Crippen molar-refractivity contribution in [2.24, 2.45) is 0 Å². The van der Waals surface area contributed by atoms with Crippen molar-refractivity contribution in [2.45, 2.75) is 68.9 Å². The zero-order chi connectivity index (χ0) is 13.2. The van der Waals surface area contributed by atoms with Gasteiger partial charge in [-0.3, -0.25) is 0 Å². The van der Waals surface area contributed by atoms with Gasteiger partial charge >= 0.3 is 0 Å². The Morgan fingerprint density at radius 2 is 1.37 bits per heavy atom. The number of rotatable bonds is 1. The van der Waals surface area contributed by atoms with Gasteiger partial charge in [-0.2, -0.15) is 0 Å². The van der Waals surface area contributed by atoms with Gasteiger partial charge in [0, 0.05) is 12.4 Å². The fourth-order valence-electron chi connectivity index (χ4n) is 3.52. The Balaban J connectivity index is 1.90. The highest BCUT2D eigenvalue weighted by Crippen LogP contribution is 2.36. The zero-order valence-electron chi connectivity index (χ0n) is 11.6. The maximum atomic E-state index is 10.5. The van der Waals surface area contributed by atoms with Crippen LogP contribution in [0.1, 0.15) is 57.8 Å². The predicted molar refractivity (Wildman–Crippen MR) is 76.7 cm³/mol. The average molecular weight is 257 g/mol. The predicted octanol–water partition coefficient (Wildman–Crippen LogP) is 3.46. The van der Waals surface area contributed by atoms with Crippen molar-refractivity contribution in [3.05, 3.63) is 24.5 Å². The first-order valence-electron chi connectivity index (χ1n) is 7.63. The monoisotopic (exact) mass is 257 g/mol. The molecular formula is C17H23NO. The molecule has 102 valence electrons. The van der Waals surface area contributed by atoms with E-state index < -0.39 is 5.60 Å². The molecule has 19 heavy (non-hydrogen) atoms. The Kier molecular flexibility index (Phi) is 3.41. The summed E-state index contributed by atoms with van der Waals surface area (Å²) < 4.78 is 2.26. The summed E-state index contributed by atoms with van der Waals surface area (Å²) in [6.45, 7) is 0. The van der Waals surface area contributed by atoms with Crippen molar-refractivity contribution < 1.29 is 5.11 Å². The fraction of sp³-hybridized carbons (Fsp3) is 0.647. The van der Waals surface area contributed by atoms with Crippen LogP contribution >= 0.6 is 0 Å². The molecule has 2 fully saturated rings. The third-order valence-corrected chi connectivity index (χ3v) is 4.74. The SMILES string of the molecule is OC1(C#CC2(n3cccc3)CCCCC2)CCCC1.